The van der Waals surface area contributed by atoms with E-state index in [-0.39, 0.29) is 16.9 Å². The zero-order valence-electron chi connectivity index (χ0n) is 14.0. The van der Waals surface area contributed by atoms with Crippen LogP contribution in [0.25, 0.3) is 0 Å². The number of phenolic OH excluding ortho intramolecular Hbond substituents is 2. The van der Waals surface area contributed by atoms with Crippen LogP contribution >= 0.6 is 0 Å². The van der Waals surface area contributed by atoms with Crippen LogP contribution in [0.15, 0.2) is 12.1 Å². The van der Waals surface area contributed by atoms with Crippen molar-refractivity contribution < 1.29 is 15.0 Å². The average Bonchev–Trinajstić information content (AvgIpc) is 3.37. The number of piperidine rings is 1. The molecule has 1 aliphatic heterocycles. The fraction of sp³-hybridized carbons (Fsp3) is 0.650. The highest BCUT2D eigenvalue weighted by atomic mass is 16.3. The lowest BCUT2D eigenvalue weighted by atomic mass is 9.52. The largest absolute Gasteiger partial charge is 0.504 e. The summed E-state index contributed by atoms with van der Waals surface area (Å²) in [7, 11) is 0. The molecule has 1 heterocycles. The van der Waals surface area contributed by atoms with E-state index in [2.05, 4.69) is 4.90 Å². The van der Waals surface area contributed by atoms with Gasteiger partial charge in [-0.05, 0) is 62.1 Å². The Bertz CT molecular complexity index is 711. The first kappa shape index (κ1) is 14.8. The number of ketones is 1. The lowest BCUT2D eigenvalue weighted by molar-refractivity contribution is -0.127. The van der Waals surface area contributed by atoms with Gasteiger partial charge in [0.25, 0.3) is 0 Å². The van der Waals surface area contributed by atoms with Gasteiger partial charge in [0.2, 0.25) is 0 Å². The van der Waals surface area contributed by atoms with Crippen molar-refractivity contribution in [3.8, 4) is 11.5 Å². The average molecular weight is 327 g/mol. The molecular weight excluding hydrogens is 302 g/mol. The predicted octanol–water partition coefficient (Wildman–Crippen LogP) is 2.75. The Kier molecular flexibility index (Phi) is 3.06. The van der Waals surface area contributed by atoms with Crippen LogP contribution in [0.3, 0.4) is 0 Å². The van der Waals surface area contributed by atoms with Gasteiger partial charge < -0.3 is 10.2 Å². The maximum Gasteiger partial charge on any atom is 0.161 e. The fourth-order valence-corrected chi connectivity index (χ4v) is 5.83. The van der Waals surface area contributed by atoms with Crippen LogP contribution in [-0.4, -0.2) is 40.0 Å². The van der Waals surface area contributed by atoms with Gasteiger partial charge in [0.15, 0.2) is 11.5 Å². The van der Waals surface area contributed by atoms with Gasteiger partial charge in [0, 0.05) is 36.4 Å². The summed E-state index contributed by atoms with van der Waals surface area (Å²) in [4.78, 5) is 14.9. The van der Waals surface area contributed by atoms with Crippen molar-refractivity contribution in [3.05, 3.63) is 23.3 Å². The van der Waals surface area contributed by atoms with E-state index < -0.39 is 0 Å². The molecule has 2 N–H and O–H groups in total. The molecule has 3 fully saturated rings. The highest BCUT2D eigenvalue weighted by Crippen LogP contribution is 2.57. The molecule has 0 aromatic heterocycles. The van der Waals surface area contributed by atoms with E-state index in [0.29, 0.717) is 30.6 Å². The number of benzene rings is 1. The topological polar surface area (TPSA) is 60.8 Å². The van der Waals surface area contributed by atoms with Gasteiger partial charge in [0.1, 0.15) is 5.78 Å². The molecule has 0 spiro atoms. The van der Waals surface area contributed by atoms with Crippen LogP contribution in [0.1, 0.15) is 49.7 Å². The SMILES string of the molecule is O=C1CC[C@H]2[C@H]3Cc4c(ccc(O)c4O)[C@@]2(CCN3CC2CC2)C1. The van der Waals surface area contributed by atoms with E-state index in [1.807, 2.05) is 6.07 Å². The number of rotatable bonds is 2. The monoisotopic (exact) mass is 327 g/mol. The van der Waals surface area contributed by atoms with Gasteiger partial charge >= 0.3 is 0 Å². The molecule has 4 nitrogen and oxygen atoms in total. The number of hydrogen-bond donors (Lipinski definition) is 2. The van der Waals surface area contributed by atoms with Gasteiger partial charge in [-0.3, -0.25) is 9.69 Å². The van der Waals surface area contributed by atoms with E-state index in [0.717, 1.165) is 42.9 Å². The second-order valence-electron chi connectivity index (χ2n) is 8.44. The quantitative estimate of drug-likeness (QED) is 0.820. The number of fused-ring (bicyclic) bond motifs is 1. The predicted molar refractivity (Wildman–Crippen MR) is 90.2 cm³/mol. The smallest absolute Gasteiger partial charge is 0.161 e. The Hall–Kier alpha value is -1.55. The second kappa shape index (κ2) is 4.98. The summed E-state index contributed by atoms with van der Waals surface area (Å²) >= 11 is 0. The van der Waals surface area contributed by atoms with E-state index >= 15 is 0 Å². The second-order valence-corrected chi connectivity index (χ2v) is 8.44. The first-order chi connectivity index (χ1) is 11.6. The molecule has 2 bridgehead atoms. The minimum Gasteiger partial charge on any atom is -0.504 e. The number of nitrogens with zero attached hydrogens (tertiary/aromatic N) is 1. The standard InChI is InChI=1S/C20H25NO3/c22-13-3-4-16-17-9-14-15(5-6-18(23)19(14)24)20(16,10-13)7-8-21(17)11-12-1-2-12/h5-6,12,16-17,23-24H,1-4,7-11H2/t16-,17+,20+/m0/s1. The Labute approximate surface area is 142 Å². The van der Waals surface area contributed by atoms with Gasteiger partial charge in [-0.2, -0.15) is 0 Å². The van der Waals surface area contributed by atoms with Crippen LogP contribution in [0.4, 0.5) is 0 Å². The molecule has 1 saturated heterocycles. The van der Waals surface area contributed by atoms with Gasteiger partial charge in [-0.1, -0.05) is 6.07 Å². The molecule has 0 unspecified atom stereocenters. The number of likely N-dealkylation sites (tertiary alicyclic amines) is 1. The Morgan fingerprint density at radius 3 is 2.83 bits per heavy atom. The van der Waals surface area contributed by atoms with E-state index in [4.69, 9.17) is 0 Å². The summed E-state index contributed by atoms with van der Waals surface area (Å²) in [5.74, 6) is 1.74. The molecule has 5 rings (SSSR count). The molecule has 0 radical (unpaired) electrons. The van der Waals surface area contributed by atoms with E-state index in [1.165, 1.54) is 19.4 Å². The number of Topliss-reactive ketones (excluding diaryl/α,β-unsaturated/α-hetero) is 1. The lowest BCUT2D eigenvalue weighted by Crippen LogP contribution is -2.62. The lowest BCUT2D eigenvalue weighted by Gasteiger charge is -2.58. The third kappa shape index (κ3) is 1.98. The van der Waals surface area contributed by atoms with Gasteiger partial charge in [-0.15, -0.1) is 0 Å². The van der Waals surface area contributed by atoms with Crippen molar-refractivity contribution in [2.45, 2.75) is 56.4 Å². The van der Waals surface area contributed by atoms with Crippen LogP contribution in [-0.2, 0) is 16.6 Å². The van der Waals surface area contributed by atoms with Crippen molar-refractivity contribution in [2.24, 2.45) is 11.8 Å². The van der Waals surface area contributed by atoms with E-state index in [9.17, 15) is 15.0 Å². The molecule has 1 aromatic carbocycles. The molecular formula is C20H25NO3. The summed E-state index contributed by atoms with van der Waals surface area (Å²) in [5, 5.41) is 20.5. The summed E-state index contributed by atoms with van der Waals surface area (Å²) in [6, 6.07) is 3.99. The summed E-state index contributed by atoms with van der Waals surface area (Å²) in [6.45, 7) is 2.23. The molecule has 24 heavy (non-hydrogen) atoms. The Balaban J connectivity index is 1.63. The zero-order chi connectivity index (χ0) is 16.5. The summed E-state index contributed by atoms with van der Waals surface area (Å²) in [5.41, 5.74) is 1.92. The highest BCUT2D eigenvalue weighted by Gasteiger charge is 2.56. The third-order valence-corrected chi connectivity index (χ3v) is 7.14. The zero-order valence-corrected chi connectivity index (χ0v) is 14.0. The molecule has 3 atom stereocenters. The molecule has 4 aliphatic rings. The minimum atomic E-state index is -0.112. The van der Waals surface area contributed by atoms with Crippen LogP contribution in [0.5, 0.6) is 11.5 Å². The third-order valence-electron chi connectivity index (χ3n) is 7.14. The van der Waals surface area contributed by atoms with Crippen LogP contribution < -0.4 is 0 Å². The first-order valence-electron chi connectivity index (χ1n) is 9.38. The molecule has 2 saturated carbocycles. The Morgan fingerprint density at radius 2 is 2.04 bits per heavy atom. The summed E-state index contributed by atoms with van der Waals surface area (Å²) < 4.78 is 0. The van der Waals surface area contributed by atoms with Crippen molar-refractivity contribution >= 4 is 5.78 Å². The molecule has 3 aliphatic carbocycles. The van der Waals surface area contributed by atoms with Crippen LogP contribution in [0.2, 0.25) is 0 Å². The molecule has 1 aromatic rings. The number of carbonyl (C=O) groups excluding carboxylic acids is 1. The van der Waals surface area contributed by atoms with Crippen molar-refractivity contribution in [3.63, 3.8) is 0 Å². The maximum absolute atomic E-state index is 12.3. The molecule has 0 amide bonds. The van der Waals surface area contributed by atoms with Crippen molar-refractivity contribution in [1.29, 1.82) is 0 Å². The fourth-order valence-electron chi connectivity index (χ4n) is 5.83. The van der Waals surface area contributed by atoms with E-state index in [1.54, 1.807) is 6.07 Å². The Morgan fingerprint density at radius 1 is 1.21 bits per heavy atom. The van der Waals surface area contributed by atoms with Crippen molar-refractivity contribution in [1.82, 2.24) is 4.90 Å². The normalized spacial score (nSPS) is 35.4. The van der Waals surface area contributed by atoms with Crippen LogP contribution in [0, 0.1) is 11.8 Å². The van der Waals surface area contributed by atoms with Crippen molar-refractivity contribution in [2.75, 3.05) is 13.1 Å². The minimum absolute atomic E-state index is 0.0300. The number of aromatic hydroxyl groups is 2. The molecule has 128 valence electrons. The highest BCUT2D eigenvalue weighted by molar-refractivity contribution is 5.82. The van der Waals surface area contributed by atoms with Gasteiger partial charge in [-0.25, -0.2) is 0 Å². The number of carbonyl (C=O) groups is 1. The van der Waals surface area contributed by atoms with Gasteiger partial charge in [0.05, 0.1) is 0 Å². The molecule has 4 heteroatoms. The maximum atomic E-state index is 12.3. The number of phenols is 2. The first-order valence-corrected chi connectivity index (χ1v) is 9.38. The number of hydrogen-bond acceptors (Lipinski definition) is 4. The summed E-state index contributed by atoms with van der Waals surface area (Å²) in [6.07, 6.45) is 6.81.